The lowest BCUT2D eigenvalue weighted by molar-refractivity contribution is -0.138. The molecule has 1 aromatic rings. The molecule has 0 radical (unpaired) electrons. The second-order valence-electron chi connectivity index (χ2n) is 3.26. The summed E-state index contributed by atoms with van der Waals surface area (Å²) < 4.78 is 0. The van der Waals surface area contributed by atoms with Crippen molar-refractivity contribution in [3.63, 3.8) is 0 Å². The van der Waals surface area contributed by atoms with E-state index >= 15 is 0 Å². The number of aryl methyl sites for hydroxylation is 1. The minimum atomic E-state index is -0.978. The molecule has 0 bridgehead atoms. The number of nitrogens with two attached hydrogens (primary N) is 1. The van der Waals surface area contributed by atoms with Crippen LogP contribution in [0.15, 0.2) is 24.3 Å². The summed E-state index contributed by atoms with van der Waals surface area (Å²) in [7, 11) is 0. The number of carboxylic acids is 1. The van der Waals surface area contributed by atoms with Gasteiger partial charge in [0.25, 0.3) is 0 Å². The van der Waals surface area contributed by atoms with Gasteiger partial charge in [-0.05, 0) is 17.5 Å². The maximum absolute atomic E-state index is 10.7. The normalized spacial score (nSPS) is 12.4. The van der Waals surface area contributed by atoms with Crippen molar-refractivity contribution >= 4 is 5.97 Å². The third kappa shape index (κ3) is 2.33. The molecule has 0 unspecified atom stereocenters. The average molecular weight is 193 g/mol. The second kappa shape index (κ2) is 4.77. The summed E-state index contributed by atoms with van der Waals surface area (Å²) in [6, 6.07) is 6.53. The molecule has 0 spiro atoms. The van der Waals surface area contributed by atoms with E-state index in [1.807, 2.05) is 18.2 Å². The largest absolute Gasteiger partial charge is 0.480 e. The fraction of sp³-hybridized carbons (Fsp3) is 0.364. The first kappa shape index (κ1) is 10.7. The highest BCUT2D eigenvalue weighted by Crippen LogP contribution is 2.17. The molecule has 3 heteroatoms. The van der Waals surface area contributed by atoms with E-state index in [0.29, 0.717) is 0 Å². The number of hydrogen-bond donors (Lipinski definition) is 2. The number of rotatable bonds is 4. The lowest BCUT2D eigenvalue weighted by atomic mass is 9.98. The average Bonchev–Trinajstić information content (AvgIpc) is 2.18. The zero-order chi connectivity index (χ0) is 10.6. The third-order valence-corrected chi connectivity index (χ3v) is 2.18. The Bertz CT molecular complexity index is 323. The molecule has 0 heterocycles. The van der Waals surface area contributed by atoms with Crippen molar-refractivity contribution in [2.45, 2.75) is 25.8 Å². The molecule has 1 aromatic carbocycles. The standard InChI is InChI=1S/C11H15NO2/c1-2-5-8-6-3-4-7-9(8)10(12)11(13)14/h3-4,6-7,10H,2,5,12H2,1H3,(H,13,14)/t10-/m0/s1. The summed E-state index contributed by atoms with van der Waals surface area (Å²) in [4.78, 5) is 10.7. The number of carbonyl (C=O) groups is 1. The fourth-order valence-electron chi connectivity index (χ4n) is 1.47. The molecule has 0 saturated heterocycles. The topological polar surface area (TPSA) is 63.3 Å². The lowest BCUT2D eigenvalue weighted by Crippen LogP contribution is -2.22. The summed E-state index contributed by atoms with van der Waals surface area (Å²) in [6.07, 6.45) is 1.86. The minimum Gasteiger partial charge on any atom is -0.480 e. The zero-order valence-electron chi connectivity index (χ0n) is 8.23. The van der Waals surface area contributed by atoms with Crippen LogP contribution in [0.25, 0.3) is 0 Å². The summed E-state index contributed by atoms with van der Waals surface area (Å²) in [5.41, 5.74) is 7.33. The van der Waals surface area contributed by atoms with Crippen LogP contribution < -0.4 is 5.73 Å². The van der Waals surface area contributed by atoms with Gasteiger partial charge in [-0.2, -0.15) is 0 Å². The van der Waals surface area contributed by atoms with Crippen LogP contribution in [0.3, 0.4) is 0 Å². The SMILES string of the molecule is CCCc1ccccc1[C@H](N)C(=O)O. The van der Waals surface area contributed by atoms with Crippen molar-refractivity contribution in [1.82, 2.24) is 0 Å². The quantitative estimate of drug-likeness (QED) is 0.765. The van der Waals surface area contributed by atoms with Crippen LogP contribution in [0.2, 0.25) is 0 Å². The van der Waals surface area contributed by atoms with Crippen LogP contribution in [-0.2, 0) is 11.2 Å². The van der Waals surface area contributed by atoms with Crippen LogP contribution in [-0.4, -0.2) is 11.1 Å². The predicted molar refractivity (Wildman–Crippen MR) is 55.0 cm³/mol. The van der Waals surface area contributed by atoms with Crippen molar-refractivity contribution < 1.29 is 9.90 Å². The van der Waals surface area contributed by atoms with Gasteiger partial charge in [-0.25, -0.2) is 0 Å². The van der Waals surface area contributed by atoms with Gasteiger partial charge in [-0.1, -0.05) is 37.6 Å². The first-order valence-electron chi connectivity index (χ1n) is 4.73. The van der Waals surface area contributed by atoms with Gasteiger partial charge in [0.15, 0.2) is 0 Å². The van der Waals surface area contributed by atoms with E-state index in [1.165, 1.54) is 0 Å². The van der Waals surface area contributed by atoms with Crippen LogP contribution >= 0.6 is 0 Å². The van der Waals surface area contributed by atoms with Gasteiger partial charge in [0, 0.05) is 0 Å². The Labute approximate surface area is 83.6 Å². The van der Waals surface area contributed by atoms with Gasteiger partial charge in [0.2, 0.25) is 0 Å². The Hall–Kier alpha value is -1.35. The van der Waals surface area contributed by atoms with Crippen LogP contribution in [0.1, 0.15) is 30.5 Å². The monoisotopic (exact) mass is 193 g/mol. The van der Waals surface area contributed by atoms with E-state index < -0.39 is 12.0 Å². The fourth-order valence-corrected chi connectivity index (χ4v) is 1.47. The van der Waals surface area contributed by atoms with Crippen molar-refractivity contribution in [1.29, 1.82) is 0 Å². The third-order valence-electron chi connectivity index (χ3n) is 2.18. The van der Waals surface area contributed by atoms with E-state index in [-0.39, 0.29) is 0 Å². The summed E-state index contributed by atoms with van der Waals surface area (Å²) >= 11 is 0. The molecule has 76 valence electrons. The van der Waals surface area contributed by atoms with E-state index in [1.54, 1.807) is 6.07 Å². The first-order valence-corrected chi connectivity index (χ1v) is 4.73. The molecular formula is C11H15NO2. The molecular weight excluding hydrogens is 178 g/mol. The van der Waals surface area contributed by atoms with Crippen molar-refractivity contribution in [3.05, 3.63) is 35.4 Å². The van der Waals surface area contributed by atoms with Gasteiger partial charge in [-0.15, -0.1) is 0 Å². The highest BCUT2D eigenvalue weighted by atomic mass is 16.4. The molecule has 0 aliphatic heterocycles. The molecule has 1 rings (SSSR count). The molecule has 0 aromatic heterocycles. The van der Waals surface area contributed by atoms with E-state index in [9.17, 15) is 4.79 Å². The molecule has 1 atom stereocenters. The Morgan fingerprint density at radius 1 is 1.50 bits per heavy atom. The summed E-state index contributed by atoms with van der Waals surface area (Å²) in [5.74, 6) is -0.978. The van der Waals surface area contributed by atoms with Gasteiger partial charge in [0.1, 0.15) is 6.04 Å². The van der Waals surface area contributed by atoms with Gasteiger partial charge in [-0.3, -0.25) is 4.79 Å². The molecule has 0 aliphatic rings. The van der Waals surface area contributed by atoms with Crippen LogP contribution in [0, 0.1) is 0 Å². The molecule has 3 N–H and O–H groups in total. The number of benzene rings is 1. The van der Waals surface area contributed by atoms with Crippen LogP contribution in [0.5, 0.6) is 0 Å². The number of hydrogen-bond acceptors (Lipinski definition) is 2. The van der Waals surface area contributed by atoms with Gasteiger partial charge < -0.3 is 10.8 Å². The Morgan fingerprint density at radius 3 is 2.71 bits per heavy atom. The minimum absolute atomic E-state index is 0.724. The van der Waals surface area contributed by atoms with Gasteiger partial charge >= 0.3 is 5.97 Å². The molecule has 0 aliphatic carbocycles. The maximum Gasteiger partial charge on any atom is 0.325 e. The Morgan fingerprint density at radius 2 is 2.14 bits per heavy atom. The smallest absolute Gasteiger partial charge is 0.325 e. The van der Waals surface area contributed by atoms with Crippen molar-refractivity contribution in [3.8, 4) is 0 Å². The van der Waals surface area contributed by atoms with Gasteiger partial charge in [0.05, 0.1) is 0 Å². The Kier molecular flexibility index (Phi) is 3.65. The summed E-state index contributed by atoms with van der Waals surface area (Å²) in [5, 5.41) is 8.80. The molecule has 0 fully saturated rings. The lowest BCUT2D eigenvalue weighted by Gasteiger charge is -2.11. The number of carboxylic acid groups (broad SMARTS) is 1. The van der Waals surface area contributed by atoms with E-state index in [0.717, 1.165) is 24.0 Å². The summed E-state index contributed by atoms with van der Waals surface area (Å²) in [6.45, 7) is 2.06. The molecule has 0 saturated carbocycles. The Balaban J connectivity index is 3.00. The molecule has 3 nitrogen and oxygen atoms in total. The molecule has 14 heavy (non-hydrogen) atoms. The van der Waals surface area contributed by atoms with Crippen LogP contribution in [0.4, 0.5) is 0 Å². The second-order valence-corrected chi connectivity index (χ2v) is 3.26. The van der Waals surface area contributed by atoms with E-state index in [2.05, 4.69) is 6.92 Å². The van der Waals surface area contributed by atoms with Crippen molar-refractivity contribution in [2.24, 2.45) is 5.73 Å². The predicted octanol–water partition coefficient (Wildman–Crippen LogP) is 1.72. The number of aliphatic carboxylic acids is 1. The molecule has 0 amide bonds. The zero-order valence-corrected chi connectivity index (χ0v) is 8.23. The first-order chi connectivity index (χ1) is 6.66. The maximum atomic E-state index is 10.7. The highest BCUT2D eigenvalue weighted by molar-refractivity contribution is 5.75. The van der Waals surface area contributed by atoms with Crippen molar-refractivity contribution in [2.75, 3.05) is 0 Å². The highest BCUT2D eigenvalue weighted by Gasteiger charge is 2.16. The van der Waals surface area contributed by atoms with E-state index in [4.69, 9.17) is 10.8 Å².